The molecule has 0 spiro atoms. The number of carbonyl (C=O) groups excluding carboxylic acids is 1. The Morgan fingerprint density at radius 1 is 1.14 bits per heavy atom. The van der Waals surface area contributed by atoms with Gasteiger partial charge < -0.3 is 14.2 Å². The number of hydrogen-bond donors (Lipinski definition) is 0. The van der Waals surface area contributed by atoms with E-state index < -0.39 is 15.8 Å². The normalized spacial score (nSPS) is 26.7. The van der Waals surface area contributed by atoms with Gasteiger partial charge in [0.25, 0.3) is 0 Å². The Bertz CT molecular complexity index is 752. The quantitative estimate of drug-likeness (QED) is 0.641. The van der Waals surface area contributed by atoms with Crippen LogP contribution in [-0.4, -0.2) is 46.8 Å². The van der Waals surface area contributed by atoms with Gasteiger partial charge in [0.15, 0.2) is 16.1 Å². The highest BCUT2D eigenvalue weighted by Crippen LogP contribution is 2.38. The standard InChI is InChI=1S/C21H30O6S/c1-25-21(22)18(15-9-11-17(12-10-15)28(2,23)24)14-16-6-5-7-19(16)27-20-8-3-4-13-26-20/h9-12,16,18-20H,3-8,13-14H2,1-2H3. The van der Waals surface area contributed by atoms with Gasteiger partial charge in [-0.1, -0.05) is 18.6 Å². The summed E-state index contributed by atoms with van der Waals surface area (Å²) in [6.45, 7) is 0.750. The van der Waals surface area contributed by atoms with Crippen molar-refractivity contribution in [3.8, 4) is 0 Å². The smallest absolute Gasteiger partial charge is 0.313 e. The number of methoxy groups -OCH3 is 1. The van der Waals surface area contributed by atoms with Crippen molar-refractivity contribution in [2.75, 3.05) is 20.0 Å². The van der Waals surface area contributed by atoms with Gasteiger partial charge in [0.1, 0.15) is 0 Å². The second-order valence-corrected chi connectivity index (χ2v) is 9.83. The minimum absolute atomic E-state index is 0.0885. The molecule has 7 heteroatoms. The maximum atomic E-state index is 12.5. The zero-order chi connectivity index (χ0) is 20.1. The lowest BCUT2D eigenvalue weighted by Crippen LogP contribution is -2.31. The highest BCUT2D eigenvalue weighted by atomic mass is 32.2. The first-order valence-corrected chi connectivity index (χ1v) is 11.9. The summed E-state index contributed by atoms with van der Waals surface area (Å²) in [5.41, 5.74) is 0.777. The third kappa shape index (κ3) is 5.33. The molecule has 0 bridgehead atoms. The Morgan fingerprint density at radius 2 is 1.89 bits per heavy atom. The monoisotopic (exact) mass is 410 g/mol. The molecule has 1 saturated carbocycles. The van der Waals surface area contributed by atoms with E-state index in [0.29, 0.717) is 6.42 Å². The number of rotatable bonds is 7. The molecule has 4 unspecified atom stereocenters. The molecule has 4 atom stereocenters. The Hall–Kier alpha value is -1.44. The summed E-state index contributed by atoms with van der Waals surface area (Å²) >= 11 is 0. The first kappa shape index (κ1) is 21.3. The summed E-state index contributed by atoms with van der Waals surface area (Å²) in [6.07, 6.45) is 7.95. The number of esters is 1. The largest absolute Gasteiger partial charge is 0.469 e. The van der Waals surface area contributed by atoms with Crippen molar-refractivity contribution < 1.29 is 27.4 Å². The van der Waals surface area contributed by atoms with Crippen molar-refractivity contribution in [2.24, 2.45) is 5.92 Å². The van der Waals surface area contributed by atoms with Gasteiger partial charge in [0, 0.05) is 12.9 Å². The summed E-state index contributed by atoms with van der Waals surface area (Å²) in [5, 5.41) is 0. The molecule has 1 aliphatic heterocycles. The highest BCUT2D eigenvalue weighted by Gasteiger charge is 2.35. The third-order valence-electron chi connectivity index (χ3n) is 5.79. The van der Waals surface area contributed by atoms with Gasteiger partial charge in [-0.2, -0.15) is 0 Å². The second kappa shape index (κ2) is 9.37. The Balaban J connectivity index is 1.72. The van der Waals surface area contributed by atoms with Crippen molar-refractivity contribution >= 4 is 15.8 Å². The van der Waals surface area contributed by atoms with Crippen LogP contribution in [0, 0.1) is 5.92 Å². The van der Waals surface area contributed by atoms with Gasteiger partial charge >= 0.3 is 5.97 Å². The molecule has 0 aromatic heterocycles. The number of hydrogen-bond acceptors (Lipinski definition) is 6. The Morgan fingerprint density at radius 3 is 2.50 bits per heavy atom. The fourth-order valence-corrected chi connectivity index (χ4v) is 4.86. The van der Waals surface area contributed by atoms with Crippen LogP contribution in [0.25, 0.3) is 0 Å². The Kier molecular flexibility index (Phi) is 7.12. The van der Waals surface area contributed by atoms with Crippen molar-refractivity contribution in [3.05, 3.63) is 29.8 Å². The van der Waals surface area contributed by atoms with Gasteiger partial charge in [-0.3, -0.25) is 4.79 Å². The van der Waals surface area contributed by atoms with E-state index >= 15 is 0 Å². The number of carbonyl (C=O) groups is 1. The van der Waals surface area contributed by atoms with E-state index in [9.17, 15) is 13.2 Å². The molecule has 0 radical (unpaired) electrons. The first-order valence-electron chi connectivity index (χ1n) is 10.0. The van der Waals surface area contributed by atoms with E-state index in [4.69, 9.17) is 14.2 Å². The van der Waals surface area contributed by atoms with E-state index in [1.165, 1.54) is 13.4 Å². The Labute approximate surface area is 167 Å². The molecular weight excluding hydrogens is 380 g/mol. The van der Waals surface area contributed by atoms with Gasteiger partial charge in [-0.15, -0.1) is 0 Å². The maximum absolute atomic E-state index is 12.5. The van der Waals surface area contributed by atoms with Crippen molar-refractivity contribution in [3.63, 3.8) is 0 Å². The second-order valence-electron chi connectivity index (χ2n) is 7.81. The molecular formula is C21H30O6S. The molecule has 1 aromatic carbocycles. The van der Waals surface area contributed by atoms with Crippen LogP contribution in [0.1, 0.15) is 56.4 Å². The van der Waals surface area contributed by atoms with E-state index in [1.807, 2.05) is 0 Å². The van der Waals surface area contributed by atoms with E-state index in [0.717, 1.165) is 50.7 Å². The summed E-state index contributed by atoms with van der Waals surface area (Å²) < 4.78 is 40.4. The zero-order valence-corrected chi connectivity index (χ0v) is 17.4. The fraction of sp³-hybridized carbons (Fsp3) is 0.667. The van der Waals surface area contributed by atoms with E-state index in [2.05, 4.69) is 0 Å². The summed E-state index contributed by atoms with van der Waals surface area (Å²) in [7, 11) is -1.88. The minimum Gasteiger partial charge on any atom is -0.469 e. The van der Waals surface area contributed by atoms with Crippen LogP contribution in [0.2, 0.25) is 0 Å². The van der Waals surface area contributed by atoms with E-state index in [-0.39, 0.29) is 29.2 Å². The highest BCUT2D eigenvalue weighted by molar-refractivity contribution is 7.90. The predicted octanol–water partition coefficient (Wildman–Crippen LogP) is 3.45. The first-order chi connectivity index (χ1) is 13.4. The molecule has 1 saturated heterocycles. The summed E-state index contributed by atoms with van der Waals surface area (Å²) in [4.78, 5) is 12.7. The topological polar surface area (TPSA) is 78.9 Å². The summed E-state index contributed by atoms with van der Waals surface area (Å²) in [5.74, 6) is -0.476. The molecule has 1 aromatic rings. The maximum Gasteiger partial charge on any atom is 0.313 e. The average molecular weight is 411 g/mol. The molecule has 6 nitrogen and oxygen atoms in total. The van der Waals surface area contributed by atoms with Crippen LogP contribution in [0.15, 0.2) is 29.2 Å². The van der Waals surface area contributed by atoms with Gasteiger partial charge in [-0.05, 0) is 62.1 Å². The molecule has 1 aliphatic carbocycles. The van der Waals surface area contributed by atoms with Crippen LogP contribution in [-0.2, 0) is 28.8 Å². The van der Waals surface area contributed by atoms with Crippen LogP contribution < -0.4 is 0 Å². The molecule has 156 valence electrons. The van der Waals surface area contributed by atoms with Crippen molar-refractivity contribution in [1.29, 1.82) is 0 Å². The third-order valence-corrected chi connectivity index (χ3v) is 6.92. The lowest BCUT2D eigenvalue weighted by molar-refractivity contribution is -0.195. The van der Waals surface area contributed by atoms with Crippen LogP contribution >= 0.6 is 0 Å². The van der Waals surface area contributed by atoms with Crippen LogP contribution in [0.4, 0.5) is 0 Å². The number of benzene rings is 1. The molecule has 2 aliphatic rings. The fourth-order valence-electron chi connectivity index (χ4n) is 4.23. The predicted molar refractivity (Wildman–Crippen MR) is 105 cm³/mol. The van der Waals surface area contributed by atoms with Crippen molar-refractivity contribution in [1.82, 2.24) is 0 Å². The van der Waals surface area contributed by atoms with Gasteiger partial charge in [-0.25, -0.2) is 8.42 Å². The molecule has 2 fully saturated rings. The SMILES string of the molecule is COC(=O)C(CC1CCCC1OC1CCCCO1)c1ccc(S(C)(=O)=O)cc1. The van der Waals surface area contributed by atoms with Crippen LogP contribution in [0.5, 0.6) is 0 Å². The number of ether oxygens (including phenoxy) is 3. The van der Waals surface area contributed by atoms with E-state index in [1.54, 1.807) is 24.3 Å². The molecule has 3 rings (SSSR count). The lowest BCUT2D eigenvalue weighted by atomic mass is 9.87. The lowest BCUT2D eigenvalue weighted by Gasteiger charge is -2.30. The molecule has 28 heavy (non-hydrogen) atoms. The average Bonchev–Trinajstić information content (AvgIpc) is 3.12. The summed E-state index contributed by atoms with van der Waals surface area (Å²) in [6, 6.07) is 6.54. The molecule has 0 N–H and O–H groups in total. The molecule has 1 heterocycles. The van der Waals surface area contributed by atoms with Crippen molar-refractivity contribution in [2.45, 2.75) is 68.2 Å². The van der Waals surface area contributed by atoms with Crippen LogP contribution in [0.3, 0.4) is 0 Å². The minimum atomic E-state index is -3.27. The molecule has 0 amide bonds. The van der Waals surface area contributed by atoms with Gasteiger partial charge in [0.2, 0.25) is 0 Å². The zero-order valence-electron chi connectivity index (χ0n) is 16.6. The van der Waals surface area contributed by atoms with Gasteiger partial charge in [0.05, 0.1) is 24.0 Å². The number of sulfone groups is 1.